The Morgan fingerprint density at radius 3 is 2.73 bits per heavy atom. The van der Waals surface area contributed by atoms with E-state index in [4.69, 9.17) is 0 Å². The van der Waals surface area contributed by atoms with Gasteiger partial charge >= 0.3 is 0 Å². The number of rotatable bonds is 3. The van der Waals surface area contributed by atoms with Gasteiger partial charge in [-0.25, -0.2) is 18.7 Å². The number of alkyl halides is 1. The summed E-state index contributed by atoms with van der Waals surface area (Å²) in [5.41, 5.74) is -0.881. The summed E-state index contributed by atoms with van der Waals surface area (Å²) >= 11 is 3.09. The minimum atomic E-state index is -1.25. The Morgan fingerprint density at radius 2 is 2.08 bits per heavy atom. The van der Waals surface area contributed by atoms with Crippen LogP contribution in [0.3, 0.4) is 0 Å². The lowest BCUT2D eigenvalue weighted by atomic mass is 9.85. The fraction of sp³-hybridized carbons (Fsp3) is 0.294. The van der Waals surface area contributed by atoms with Crippen LogP contribution in [-0.4, -0.2) is 45.9 Å². The fourth-order valence-corrected chi connectivity index (χ4v) is 3.72. The van der Waals surface area contributed by atoms with Gasteiger partial charge in [-0.05, 0) is 40.5 Å². The number of carbonyl (C=O) groups is 2. The predicted molar refractivity (Wildman–Crippen MR) is 91.9 cm³/mol. The third-order valence-corrected chi connectivity index (χ3v) is 5.33. The Hall–Kier alpha value is -2.42. The third kappa shape index (κ3) is 2.66. The number of benzene rings is 1. The first-order chi connectivity index (χ1) is 12.4. The molecule has 4 rings (SSSR count). The summed E-state index contributed by atoms with van der Waals surface area (Å²) in [6, 6.07) is 4.48. The van der Waals surface area contributed by atoms with Crippen molar-refractivity contribution in [3.63, 3.8) is 0 Å². The maximum absolute atomic E-state index is 14.6. The molecule has 9 heteroatoms. The van der Waals surface area contributed by atoms with Crippen LogP contribution in [0.2, 0.25) is 0 Å². The molecule has 1 aliphatic heterocycles. The van der Waals surface area contributed by atoms with Gasteiger partial charge in [0.2, 0.25) is 11.9 Å². The number of carbonyl (C=O) groups excluding carboxylic acids is 2. The van der Waals surface area contributed by atoms with Crippen molar-refractivity contribution >= 4 is 33.7 Å². The van der Waals surface area contributed by atoms with E-state index in [0.717, 1.165) is 0 Å². The fourth-order valence-electron chi connectivity index (χ4n) is 3.39. The van der Waals surface area contributed by atoms with Crippen molar-refractivity contribution in [2.45, 2.75) is 18.0 Å². The molecule has 2 amide bonds. The lowest BCUT2D eigenvalue weighted by Crippen LogP contribution is -2.48. The van der Waals surface area contributed by atoms with Crippen LogP contribution in [0.15, 0.2) is 35.1 Å². The van der Waals surface area contributed by atoms with E-state index < -0.39 is 29.2 Å². The van der Waals surface area contributed by atoms with Crippen LogP contribution in [0.4, 0.5) is 14.7 Å². The zero-order chi connectivity index (χ0) is 18.5. The molecule has 0 saturated heterocycles. The normalized spacial score (nSPS) is 23.7. The largest absolute Gasteiger partial charge is 0.328 e. The van der Waals surface area contributed by atoms with Gasteiger partial charge in [0.05, 0.1) is 9.89 Å². The summed E-state index contributed by atoms with van der Waals surface area (Å²) in [5.74, 6) is -1.50. The van der Waals surface area contributed by atoms with Crippen LogP contribution in [0.1, 0.15) is 22.3 Å². The summed E-state index contributed by atoms with van der Waals surface area (Å²) in [7, 11) is 0. The Bertz CT molecular complexity index is 911. The van der Waals surface area contributed by atoms with Gasteiger partial charge in [0, 0.05) is 30.1 Å². The molecule has 2 aromatic rings. The molecular weight excluding hydrogens is 410 g/mol. The predicted octanol–water partition coefficient (Wildman–Crippen LogP) is 2.45. The summed E-state index contributed by atoms with van der Waals surface area (Å²) in [6.45, 7) is -0.334. The zero-order valence-electron chi connectivity index (χ0n) is 13.4. The number of amides is 2. The van der Waals surface area contributed by atoms with Gasteiger partial charge in [-0.1, -0.05) is 0 Å². The van der Waals surface area contributed by atoms with E-state index >= 15 is 0 Å². The molecule has 1 spiro atoms. The number of nitrogens with one attached hydrogen (secondary N) is 1. The molecule has 134 valence electrons. The summed E-state index contributed by atoms with van der Waals surface area (Å²) in [5, 5.41) is 2.48. The molecule has 2 heterocycles. The number of hydrogen-bond donors (Lipinski definition) is 1. The minimum absolute atomic E-state index is 0.0452. The van der Waals surface area contributed by atoms with Crippen molar-refractivity contribution in [3.8, 4) is 0 Å². The van der Waals surface area contributed by atoms with Gasteiger partial charge in [0.25, 0.3) is 5.91 Å². The summed E-state index contributed by atoms with van der Waals surface area (Å²) < 4.78 is 28.9. The first-order valence-electron chi connectivity index (χ1n) is 7.91. The van der Waals surface area contributed by atoms with Gasteiger partial charge in [-0.2, -0.15) is 0 Å². The second-order valence-corrected chi connectivity index (χ2v) is 7.25. The average molecular weight is 423 g/mol. The molecule has 1 N–H and O–H groups in total. The molecule has 1 aromatic carbocycles. The van der Waals surface area contributed by atoms with Crippen molar-refractivity contribution in [3.05, 3.63) is 52.0 Å². The van der Waals surface area contributed by atoms with Crippen molar-refractivity contribution in [2.24, 2.45) is 0 Å². The number of anilines is 1. The minimum Gasteiger partial charge on any atom is -0.328 e. The van der Waals surface area contributed by atoms with E-state index in [1.165, 1.54) is 29.4 Å². The third-order valence-electron chi connectivity index (χ3n) is 4.72. The quantitative estimate of drug-likeness (QED) is 0.823. The highest BCUT2D eigenvalue weighted by Gasteiger charge is 2.62. The van der Waals surface area contributed by atoms with Crippen LogP contribution >= 0.6 is 15.9 Å². The lowest BCUT2D eigenvalue weighted by molar-refractivity contribution is -0.117. The monoisotopic (exact) mass is 422 g/mol. The molecule has 26 heavy (non-hydrogen) atoms. The van der Waals surface area contributed by atoms with E-state index in [-0.39, 0.29) is 41.1 Å². The van der Waals surface area contributed by atoms with E-state index in [1.807, 2.05) is 0 Å². The second-order valence-electron chi connectivity index (χ2n) is 6.39. The highest BCUT2D eigenvalue weighted by molar-refractivity contribution is 9.10. The molecular formula is C17H13BrF2N4O2. The van der Waals surface area contributed by atoms with Gasteiger partial charge in [-0.15, -0.1) is 0 Å². The Morgan fingerprint density at radius 1 is 1.38 bits per heavy atom. The molecule has 1 fully saturated rings. The summed E-state index contributed by atoms with van der Waals surface area (Å²) in [6.07, 6.45) is 1.82. The van der Waals surface area contributed by atoms with Crippen LogP contribution in [0.25, 0.3) is 0 Å². The molecule has 6 nitrogen and oxygen atoms in total. The second kappa shape index (κ2) is 6.08. The smallest absolute Gasteiger partial charge is 0.254 e. The van der Waals surface area contributed by atoms with Gasteiger partial charge in [-0.3, -0.25) is 14.9 Å². The Balaban J connectivity index is 1.60. The van der Waals surface area contributed by atoms with Crippen LogP contribution in [0, 0.1) is 5.82 Å². The number of fused-ring (bicyclic) bond motifs is 2. The molecule has 1 saturated carbocycles. The van der Waals surface area contributed by atoms with E-state index in [9.17, 15) is 18.4 Å². The maximum atomic E-state index is 14.6. The SMILES string of the molecule is O=C(CN1CC2(CC2F)c2c(ccc(Br)c2F)C1=O)Nc1ncccn1. The number of aromatic nitrogens is 2. The number of nitrogens with zero attached hydrogens (tertiary/aromatic N) is 3. The van der Waals surface area contributed by atoms with Gasteiger partial charge in [0.15, 0.2) is 0 Å². The molecule has 2 atom stereocenters. The van der Waals surface area contributed by atoms with Crippen LogP contribution in [0.5, 0.6) is 0 Å². The molecule has 2 aliphatic rings. The van der Waals surface area contributed by atoms with Gasteiger partial charge < -0.3 is 4.90 Å². The molecule has 1 aliphatic carbocycles. The van der Waals surface area contributed by atoms with E-state index in [1.54, 1.807) is 6.07 Å². The lowest BCUT2D eigenvalue weighted by Gasteiger charge is -2.34. The molecule has 0 bridgehead atoms. The Labute approximate surface area is 155 Å². The first kappa shape index (κ1) is 17.0. The highest BCUT2D eigenvalue weighted by Crippen LogP contribution is 2.55. The van der Waals surface area contributed by atoms with E-state index in [2.05, 4.69) is 31.2 Å². The van der Waals surface area contributed by atoms with E-state index in [0.29, 0.717) is 0 Å². The van der Waals surface area contributed by atoms with Crippen molar-refractivity contribution in [1.29, 1.82) is 0 Å². The van der Waals surface area contributed by atoms with Gasteiger partial charge in [0.1, 0.15) is 18.5 Å². The average Bonchev–Trinajstić information content (AvgIpc) is 3.25. The zero-order valence-corrected chi connectivity index (χ0v) is 15.0. The van der Waals surface area contributed by atoms with Crippen LogP contribution in [-0.2, 0) is 10.2 Å². The standard InChI is InChI=1S/C17H13BrF2N4O2/c18-10-3-2-9-13(14(10)20)17(6-11(17)19)8-24(15(9)26)7-12(25)23-16-21-4-1-5-22-16/h1-5,11H,6-8H2,(H,21,22,23,25). The van der Waals surface area contributed by atoms with Crippen molar-refractivity contribution in [1.82, 2.24) is 14.9 Å². The number of hydrogen-bond acceptors (Lipinski definition) is 4. The van der Waals surface area contributed by atoms with Crippen molar-refractivity contribution < 1.29 is 18.4 Å². The maximum Gasteiger partial charge on any atom is 0.254 e. The molecule has 2 unspecified atom stereocenters. The molecule has 1 aromatic heterocycles. The first-order valence-corrected chi connectivity index (χ1v) is 8.70. The topological polar surface area (TPSA) is 75.2 Å². The summed E-state index contributed by atoms with van der Waals surface area (Å²) in [4.78, 5) is 33.9. The molecule has 0 radical (unpaired) electrons. The highest BCUT2D eigenvalue weighted by atomic mass is 79.9. The van der Waals surface area contributed by atoms with Crippen LogP contribution < -0.4 is 5.32 Å². The van der Waals surface area contributed by atoms with Crippen molar-refractivity contribution in [2.75, 3.05) is 18.4 Å². The Kier molecular flexibility index (Phi) is 3.98. The number of halogens is 3.